The normalized spacial score (nSPS) is 16.4. The van der Waals surface area contributed by atoms with Crippen molar-refractivity contribution in [3.63, 3.8) is 0 Å². The van der Waals surface area contributed by atoms with Gasteiger partial charge in [-0.1, -0.05) is 31.2 Å². The van der Waals surface area contributed by atoms with E-state index in [1.165, 1.54) is 12.7 Å². The predicted molar refractivity (Wildman–Crippen MR) is 125 cm³/mol. The summed E-state index contributed by atoms with van der Waals surface area (Å²) in [7, 11) is 0.842. The summed E-state index contributed by atoms with van der Waals surface area (Å²) in [4.78, 5) is 8.95. The molecule has 1 aliphatic heterocycles. The van der Waals surface area contributed by atoms with Crippen LogP contribution in [0, 0.1) is 0 Å². The lowest BCUT2D eigenvalue weighted by molar-refractivity contribution is -0.126. The molecule has 1 aliphatic rings. The Bertz CT molecular complexity index is 1040. The van der Waals surface area contributed by atoms with E-state index in [-0.39, 0.29) is 0 Å². The van der Waals surface area contributed by atoms with Gasteiger partial charge in [0.15, 0.2) is 0 Å². The molecule has 1 aromatic heterocycles. The molecule has 0 atom stereocenters. The first-order valence-electron chi connectivity index (χ1n) is 10.7. The molecule has 3 aromatic rings. The van der Waals surface area contributed by atoms with E-state index in [0.717, 1.165) is 34.2 Å². The smallest absolute Gasteiger partial charge is 0.489 e. The summed E-state index contributed by atoms with van der Waals surface area (Å²) in [5, 5.41) is 1.02. The van der Waals surface area contributed by atoms with Crippen molar-refractivity contribution in [2.24, 2.45) is 0 Å². The number of benzene rings is 2. The fourth-order valence-electron chi connectivity index (χ4n) is 3.50. The highest BCUT2D eigenvalue weighted by Gasteiger charge is 2.52. The molecule has 32 heavy (non-hydrogen) atoms. The zero-order valence-corrected chi connectivity index (χ0v) is 19.6. The number of para-hydroxylation sites is 1. The lowest BCUT2D eigenvalue weighted by Gasteiger charge is -2.32. The highest BCUT2D eigenvalue weighted by molar-refractivity contribution is 6.64. The summed E-state index contributed by atoms with van der Waals surface area (Å²) in [5.41, 5.74) is 3.18. The van der Waals surface area contributed by atoms with Gasteiger partial charge in [0, 0.05) is 10.8 Å². The molecule has 170 valence electrons. The fraction of sp³-hybridized carbons (Fsp3) is 0.400. The van der Waals surface area contributed by atoms with Gasteiger partial charge in [-0.3, -0.25) is 4.79 Å². The van der Waals surface area contributed by atoms with Crippen LogP contribution in [0.15, 0.2) is 53.1 Å². The quantitative estimate of drug-likeness (QED) is 0.412. The van der Waals surface area contributed by atoms with Gasteiger partial charge in [0.2, 0.25) is 0 Å². The van der Waals surface area contributed by atoms with E-state index < -0.39 is 18.3 Å². The average Bonchev–Trinajstić information content (AvgIpc) is 3.33. The van der Waals surface area contributed by atoms with Gasteiger partial charge in [-0.2, -0.15) is 0 Å². The van der Waals surface area contributed by atoms with E-state index >= 15 is 0 Å². The number of ether oxygens (including phenoxy) is 2. The number of fused-ring (bicyclic) bond motifs is 1. The number of methoxy groups -OCH3 is 1. The highest BCUT2D eigenvalue weighted by atomic mass is 16.7. The number of hydrogen-bond donors (Lipinski definition) is 0. The van der Waals surface area contributed by atoms with Crippen molar-refractivity contribution < 1.29 is 28.0 Å². The first-order valence-corrected chi connectivity index (χ1v) is 10.7. The second-order valence-electron chi connectivity index (χ2n) is 8.69. The Morgan fingerprint density at radius 1 is 1.03 bits per heavy atom. The van der Waals surface area contributed by atoms with E-state index in [0.29, 0.717) is 13.1 Å². The lowest BCUT2D eigenvalue weighted by Crippen LogP contribution is -2.41. The number of carbonyl (C=O) groups is 1. The van der Waals surface area contributed by atoms with Gasteiger partial charge in [0.1, 0.15) is 17.9 Å². The maximum Gasteiger partial charge on any atom is 0.498 e. The SMILES string of the molecule is CCc1ccccc1OCc1cc(B2OC(C)(C)C(C)(C)O2)c2occc2c1.COC=O. The number of furan rings is 1. The van der Waals surface area contributed by atoms with Gasteiger partial charge in [-0.15, -0.1) is 0 Å². The van der Waals surface area contributed by atoms with Crippen LogP contribution in [-0.4, -0.2) is 31.9 Å². The van der Waals surface area contributed by atoms with Gasteiger partial charge in [0.25, 0.3) is 6.47 Å². The third-order valence-electron chi connectivity index (χ3n) is 5.99. The van der Waals surface area contributed by atoms with E-state index in [1.807, 2.05) is 24.3 Å². The number of carbonyl (C=O) groups excluding carboxylic acids is 1. The summed E-state index contributed by atoms with van der Waals surface area (Å²) >= 11 is 0. The van der Waals surface area contributed by atoms with Gasteiger partial charge < -0.3 is 23.2 Å². The highest BCUT2D eigenvalue weighted by Crippen LogP contribution is 2.37. The second-order valence-corrected chi connectivity index (χ2v) is 8.69. The van der Waals surface area contributed by atoms with E-state index in [4.69, 9.17) is 23.3 Å². The van der Waals surface area contributed by atoms with Crippen molar-refractivity contribution in [1.29, 1.82) is 0 Å². The molecule has 2 aromatic carbocycles. The molecule has 0 unspecified atom stereocenters. The van der Waals surface area contributed by atoms with Crippen LogP contribution in [0.4, 0.5) is 0 Å². The van der Waals surface area contributed by atoms with Crippen LogP contribution in [0.3, 0.4) is 0 Å². The molecule has 0 aliphatic carbocycles. The van der Waals surface area contributed by atoms with Crippen molar-refractivity contribution in [3.8, 4) is 5.75 Å². The Kier molecular flexibility index (Phi) is 7.31. The number of aryl methyl sites for hydroxylation is 1. The summed E-state index contributed by atoms with van der Waals surface area (Å²) in [5.74, 6) is 0.925. The molecular formula is C25H31BO6. The Morgan fingerprint density at radius 2 is 1.69 bits per heavy atom. The van der Waals surface area contributed by atoms with Gasteiger partial charge in [0.05, 0.1) is 24.6 Å². The predicted octanol–water partition coefficient (Wildman–Crippen LogP) is 4.66. The average molecular weight is 438 g/mol. The molecular weight excluding hydrogens is 407 g/mol. The van der Waals surface area contributed by atoms with Crippen molar-refractivity contribution >= 4 is 30.0 Å². The molecule has 0 radical (unpaired) electrons. The maximum atomic E-state index is 8.95. The van der Waals surface area contributed by atoms with E-state index in [1.54, 1.807) is 6.26 Å². The summed E-state index contributed by atoms with van der Waals surface area (Å²) < 4.78 is 28.3. The molecule has 2 heterocycles. The molecule has 1 fully saturated rings. The minimum Gasteiger partial charge on any atom is -0.489 e. The monoisotopic (exact) mass is 438 g/mol. The summed E-state index contributed by atoms with van der Waals surface area (Å²) in [6, 6.07) is 14.3. The number of hydrogen-bond acceptors (Lipinski definition) is 6. The summed E-state index contributed by atoms with van der Waals surface area (Å²) in [6.45, 7) is 11.2. The molecule has 6 nitrogen and oxygen atoms in total. The maximum absolute atomic E-state index is 8.95. The molecule has 0 bridgehead atoms. The fourth-order valence-corrected chi connectivity index (χ4v) is 3.50. The van der Waals surface area contributed by atoms with Crippen LogP contribution in [0.1, 0.15) is 45.7 Å². The van der Waals surface area contributed by atoms with Crippen LogP contribution >= 0.6 is 0 Å². The van der Waals surface area contributed by atoms with Gasteiger partial charge in [-0.25, -0.2) is 0 Å². The minimum absolute atomic E-state index is 0.375. The van der Waals surface area contributed by atoms with E-state index in [2.05, 4.69) is 57.6 Å². The third-order valence-corrected chi connectivity index (χ3v) is 5.99. The van der Waals surface area contributed by atoms with Gasteiger partial charge >= 0.3 is 7.12 Å². The van der Waals surface area contributed by atoms with Crippen molar-refractivity contribution in [3.05, 3.63) is 59.9 Å². The van der Waals surface area contributed by atoms with Crippen molar-refractivity contribution in [2.75, 3.05) is 7.11 Å². The Hall–Kier alpha value is -2.77. The Morgan fingerprint density at radius 3 is 2.31 bits per heavy atom. The molecule has 7 heteroatoms. The van der Waals surface area contributed by atoms with E-state index in [9.17, 15) is 0 Å². The van der Waals surface area contributed by atoms with Crippen molar-refractivity contribution in [2.45, 2.75) is 58.8 Å². The number of rotatable bonds is 6. The lowest BCUT2D eigenvalue weighted by atomic mass is 9.77. The largest absolute Gasteiger partial charge is 0.498 e. The molecule has 0 saturated carbocycles. The van der Waals surface area contributed by atoms with Crippen molar-refractivity contribution in [1.82, 2.24) is 0 Å². The molecule has 4 rings (SSSR count). The van der Waals surface area contributed by atoms with Crippen LogP contribution < -0.4 is 10.2 Å². The Balaban J connectivity index is 0.000000668. The standard InChI is InChI=1S/C23H27BO4.C2H4O2/c1-6-17-9-7-8-10-20(17)26-15-16-13-18-11-12-25-21(18)19(14-16)24-27-22(2,3)23(4,5)28-24;1-4-2-3/h7-14H,6,15H2,1-5H3;2H,1H3. The molecule has 0 N–H and O–H groups in total. The summed E-state index contributed by atoms with van der Waals surface area (Å²) in [6.07, 6.45) is 2.65. The molecule has 0 spiro atoms. The molecule has 1 saturated heterocycles. The van der Waals surface area contributed by atoms with Crippen LogP contribution in [-0.2, 0) is 31.9 Å². The second kappa shape index (κ2) is 9.80. The van der Waals surface area contributed by atoms with Crippen LogP contribution in [0.5, 0.6) is 5.75 Å². The molecule has 0 amide bonds. The van der Waals surface area contributed by atoms with Crippen LogP contribution in [0.25, 0.3) is 11.0 Å². The third kappa shape index (κ3) is 5.00. The zero-order valence-electron chi connectivity index (χ0n) is 19.6. The van der Waals surface area contributed by atoms with Crippen LogP contribution in [0.2, 0.25) is 0 Å². The zero-order chi connectivity index (χ0) is 23.4. The first-order chi connectivity index (χ1) is 15.2. The van der Waals surface area contributed by atoms with Gasteiger partial charge in [-0.05, 0) is 63.4 Å². The Labute approximate surface area is 189 Å². The minimum atomic E-state index is -0.471. The topological polar surface area (TPSA) is 67.1 Å². The first kappa shape index (κ1) is 23.9.